The maximum Gasteiger partial charge on any atom is 0.00470 e. The predicted octanol–water partition coefficient (Wildman–Crippen LogP) is 9.31. The fourth-order valence-corrected chi connectivity index (χ4v) is 5.50. The SMILES string of the molecule is CCCCCCCCCCCCCCCCC1CCCCCCCS1. The Morgan fingerprint density at radius 1 is 0.560 bits per heavy atom. The zero-order chi connectivity index (χ0) is 17.8. The summed E-state index contributed by atoms with van der Waals surface area (Å²) in [6.45, 7) is 2.30. The molecule has 0 radical (unpaired) electrons. The molecule has 0 aliphatic carbocycles. The van der Waals surface area contributed by atoms with Gasteiger partial charge in [0.25, 0.3) is 0 Å². The molecule has 150 valence electrons. The maximum absolute atomic E-state index is 2.30. The van der Waals surface area contributed by atoms with Crippen LogP contribution in [0.2, 0.25) is 0 Å². The van der Waals surface area contributed by atoms with E-state index in [9.17, 15) is 0 Å². The molecule has 1 rings (SSSR count). The van der Waals surface area contributed by atoms with Crippen molar-refractivity contribution in [2.24, 2.45) is 0 Å². The minimum atomic E-state index is 0.996. The van der Waals surface area contributed by atoms with Crippen molar-refractivity contribution < 1.29 is 0 Å². The highest BCUT2D eigenvalue weighted by molar-refractivity contribution is 7.99. The number of thioether (sulfide) groups is 1. The van der Waals surface area contributed by atoms with E-state index < -0.39 is 0 Å². The van der Waals surface area contributed by atoms with E-state index in [1.807, 2.05) is 0 Å². The summed E-state index contributed by atoms with van der Waals surface area (Å²) in [6, 6.07) is 0. The second-order valence-corrected chi connectivity index (χ2v) is 9.84. The third kappa shape index (κ3) is 16.3. The standard InChI is InChI=1S/C24H48S/c1-2-3-4-5-6-7-8-9-10-11-12-13-15-18-21-24-22-19-16-14-17-20-23-25-24/h24H,2-23H2,1H3. The van der Waals surface area contributed by atoms with Gasteiger partial charge < -0.3 is 0 Å². The van der Waals surface area contributed by atoms with Gasteiger partial charge in [0.05, 0.1) is 0 Å². The average Bonchev–Trinajstić information content (AvgIpc) is 2.76. The first-order chi connectivity index (χ1) is 12.4. The van der Waals surface area contributed by atoms with Crippen molar-refractivity contribution in [2.75, 3.05) is 5.75 Å². The monoisotopic (exact) mass is 368 g/mol. The lowest BCUT2D eigenvalue weighted by molar-refractivity contribution is 0.525. The van der Waals surface area contributed by atoms with Gasteiger partial charge in [-0.05, 0) is 25.0 Å². The quantitative estimate of drug-likeness (QED) is 0.259. The molecule has 0 saturated carbocycles. The van der Waals surface area contributed by atoms with Gasteiger partial charge in [0.1, 0.15) is 0 Å². The normalized spacial score (nSPS) is 19.3. The van der Waals surface area contributed by atoms with Crippen molar-refractivity contribution in [1.82, 2.24) is 0 Å². The summed E-state index contributed by atoms with van der Waals surface area (Å²) in [5, 5.41) is 0.996. The molecule has 1 aliphatic rings. The molecule has 1 heterocycles. The molecule has 1 atom stereocenters. The number of hydrogen-bond acceptors (Lipinski definition) is 1. The Hall–Kier alpha value is 0.350. The van der Waals surface area contributed by atoms with Crippen LogP contribution < -0.4 is 0 Å². The molecule has 0 aromatic heterocycles. The van der Waals surface area contributed by atoms with E-state index in [4.69, 9.17) is 0 Å². The van der Waals surface area contributed by atoms with E-state index in [2.05, 4.69) is 18.7 Å². The van der Waals surface area contributed by atoms with E-state index in [0.29, 0.717) is 0 Å². The molecule has 0 nitrogen and oxygen atoms in total. The van der Waals surface area contributed by atoms with Crippen LogP contribution in [0.1, 0.15) is 142 Å². The van der Waals surface area contributed by atoms with Crippen molar-refractivity contribution in [3.05, 3.63) is 0 Å². The Morgan fingerprint density at radius 2 is 1.04 bits per heavy atom. The third-order valence-electron chi connectivity index (χ3n) is 5.90. The van der Waals surface area contributed by atoms with Crippen molar-refractivity contribution in [3.63, 3.8) is 0 Å². The highest BCUT2D eigenvalue weighted by Crippen LogP contribution is 2.27. The van der Waals surface area contributed by atoms with Crippen LogP contribution >= 0.6 is 11.8 Å². The molecule has 25 heavy (non-hydrogen) atoms. The fraction of sp³-hybridized carbons (Fsp3) is 1.00. The fourth-order valence-electron chi connectivity index (χ4n) is 4.13. The summed E-state index contributed by atoms with van der Waals surface area (Å²) in [5.74, 6) is 1.43. The highest BCUT2D eigenvalue weighted by Gasteiger charge is 2.10. The van der Waals surface area contributed by atoms with Crippen LogP contribution in [0.3, 0.4) is 0 Å². The topological polar surface area (TPSA) is 0 Å². The lowest BCUT2D eigenvalue weighted by Crippen LogP contribution is -2.03. The predicted molar refractivity (Wildman–Crippen MR) is 119 cm³/mol. The van der Waals surface area contributed by atoms with E-state index in [-0.39, 0.29) is 0 Å². The van der Waals surface area contributed by atoms with Crippen LogP contribution in [0, 0.1) is 0 Å². The van der Waals surface area contributed by atoms with Crippen molar-refractivity contribution in [3.8, 4) is 0 Å². The molecule has 1 fully saturated rings. The minimum absolute atomic E-state index is 0.996. The van der Waals surface area contributed by atoms with Crippen LogP contribution in [-0.2, 0) is 0 Å². The van der Waals surface area contributed by atoms with E-state index >= 15 is 0 Å². The molecular weight excluding hydrogens is 320 g/mol. The molecule has 0 bridgehead atoms. The summed E-state index contributed by atoms with van der Waals surface area (Å²) in [7, 11) is 0. The van der Waals surface area contributed by atoms with Gasteiger partial charge in [0.15, 0.2) is 0 Å². The smallest absolute Gasteiger partial charge is 0.00470 e. The third-order valence-corrected chi connectivity index (χ3v) is 7.37. The van der Waals surface area contributed by atoms with Crippen LogP contribution in [-0.4, -0.2) is 11.0 Å². The summed E-state index contributed by atoms with van der Waals surface area (Å²) in [4.78, 5) is 0. The zero-order valence-electron chi connectivity index (χ0n) is 17.5. The summed E-state index contributed by atoms with van der Waals surface area (Å²) >= 11 is 2.30. The first kappa shape index (κ1) is 23.4. The van der Waals surface area contributed by atoms with Gasteiger partial charge in [0, 0.05) is 5.25 Å². The lowest BCUT2D eigenvalue weighted by Gasteiger charge is -2.15. The van der Waals surface area contributed by atoms with Crippen molar-refractivity contribution in [2.45, 2.75) is 147 Å². The molecule has 0 amide bonds. The maximum atomic E-state index is 2.30. The number of hydrogen-bond donors (Lipinski definition) is 0. The van der Waals surface area contributed by atoms with Crippen molar-refractivity contribution >= 4 is 11.8 Å². The molecule has 0 N–H and O–H groups in total. The average molecular weight is 369 g/mol. The zero-order valence-corrected chi connectivity index (χ0v) is 18.4. The van der Waals surface area contributed by atoms with E-state index in [0.717, 1.165) is 5.25 Å². The Labute approximate surface area is 164 Å². The van der Waals surface area contributed by atoms with E-state index in [1.165, 1.54) is 141 Å². The van der Waals surface area contributed by atoms with Gasteiger partial charge in [-0.15, -0.1) is 0 Å². The Bertz CT molecular complexity index is 240. The van der Waals surface area contributed by atoms with Gasteiger partial charge in [-0.3, -0.25) is 0 Å². The van der Waals surface area contributed by atoms with Crippen LogP contribution in [0.15, 0.2) is 0 Å². The Morgan fingerprint density at radius 3 is 1.64 bits per heavy atom. The first-order valence-corrected chi connectivity index (χ1v) is 13.1. The number of unbranched alkanes of at least 4 members (excludes halogenated alkanes) is 13. The van der Waals surface area contributed by atoms with Gasteiger partial charge in [0.2, 0.25) is 0 Å². The van der Waals surface area contributed by atoms with Gasteiger partial charge in [-0.25, -0.2) is 0 Å². The molecule has 0 spiro atoms. The van der Waals surface area contributed by atoms with Gasteiger partial charge in [-0.2, -0.15) is 11.8 Å². The van der Waals surface area contributed by atoms with Gasteiger partial charge in [-0.1, -0.05) is 122 Å². The molecule has 1 unspecified atom stereocenters. The molecule has 0 aromatic carbocycles. The summed E-state index contributed by atoms with van der Waals surface area (Å²) < 4.78 is 0. The van der Waals surface area contributed by atoms with E-state index in [1.54, 1.807) is 0 Å². The lowest BCUT2D eigenvalue weighted by atomic mass is 10.0. The van der Waals surface area contributed by atoms with Crippen molar-refractivity contribution in [1.29, 1.82) is 0 Å². The molecule has 1 aliphatic heterocycles. The minimum Gasteiger partial charge on any atom is -0.159 e. The Balaban J connectivity index is 1.77. The summed E-state index contributed by atoms with van der Waals surface area (Å²) in [5.41, 5.74) is 0. The first-order valence-electron chi connectivity index (χ1n) is 12.0. The molecule has 1 saturated heterocycles. The largest absolute Gasteiger partial charge is 0.159 e. The number of rotatable bonds is 15. The highest BCUT2D eigenvalue weighted by atomic mass is 32.2. The Kier molecular flexibility index (Phi) is 17.9. The van der Waals surface area contributed by atoms with Crippen LogP contribution in [0.5, 0.6) is 0 Å². The summed E-state index contributed by atoms with van der Waals surface area (Å²) in [6.07, 6.45) is 31.1. The molecular formula is C24H48S. The van der Waals surface area contributed by atoms with Crippen LogP contribution in [0.4, 0.5) is 0 Å². The van der Waals surface area contributed by atoms with Crippen LogP contribution in [0.25, 0.3) is 0 Å². The second-order valence-electron chi connectivity index (χ2n) is 8.43. The molecule has 0 aromatic rings. The second kappa shape index (κ2) is 19.1. The molecule has 1 heteroatoms. The van der Waals surface area contributed by atoms with Gasteiger partial charge >= 0.3 is 0 Å².